The molecule has 5 heteroatoms. The van der Waals surface area contributed by atoms with Crippen molar-refractivity contribution in [2.45, 2.75) is 52.9 Å². The standard InChI is InChI=1S/C14H31N3O2/c1-4-5-11-19-12-7-10-16-9-6-8-14(2,3)13(15)17-18/h16,18H,4-12H2,1-3H3,(H2,15,17). The number of nitrogens with two attached hydrogens (primary N) is 1. The van der Waals surface area contributed by atoms with Gasteiger partial charge in [-0.25, -0.2) is 0 Å². The number of nitrogens with one attached hydrogen (secondary N) is 1. The van der Waals surface area contributed by atoms with Crippen molar-refractivity contribution in [2.75, 3.05) is 26.3 Å². The van der Waals surface area contributed by atoms with Crippen LogP contribution in [0.5, 0.6) is 0 Å². The Morgan fingerprint density at radius 1 is 1.21 bits per heavy atom. The van der Waals surface area contributed by atoms with E-state index < -0.39 is 0 Å². The van der Waals surface area contributed by atoms with Gasteiger partial charge in [-0.3, -0.25) is 0 Å². The zero-order valence-electron chi connectivity index (χ0n) is 12.7. The first-order valence-corrected chi connectivity index (χ1v) is 7.31. The summed E-state index contributed by atoms with van der Waals surface area (Å²) in [6, 6.07) is 0. The molecule has 0 rings (SSSR count). The third-order valence-electron chi connectivity index (χ3n) is 3.24. The molecule has 0 saturated carbocycles. The summed E-state index contributed by atoms with van der Waals surface area (Å²) in [5.74, 6) is 0.303. The van der Waals surface area contributed by atoms with Gasteiger partial charge in [0.05, 0.1) is 0 Å². The van der Waals surface area contributed by atoms with Crippen LogP contribution in [0.2, 0.25) is 0 Å². The predicted octanol–water partition coefficient (Wildman–Crippen LogP) is 2.34. The van der Waals surface area contributed by atoms with Crippen molar-refractivity contribution in [1.82, 2.24) is 5.32 Å². The Labute approximate surface area is 117 Å². The summed E-state index contributed by atoms with van der Waals surface area (Å²) >= 11 is 0. The molecule has 0 saturated heterocycles. The molecule has 0 aromatic carbocycles. The van der Waals surface area contributed by atoms with Gasteiger partial charge >= 0.3 is 0 Å². The zero-order valence-corrected chi connectivity index (χ0v) is 12.7. The average Bonchev–Trinajstić information content (AvgIpc) is 2.39. The van der Waals surface area contributed by atoms with E-state index in [1.165, 1.54) is 6.42 Å². The maximum atomic E-state index is 8.67. The largest absolute Gasteiger partial charge is 0.409 e. The summed E-state index contributed by atoms with van der Waals surface area (Å²) in [6.07, 6.45) is 5.31. The highest BCUT2D eigenvalue weighted by Gasteiger charge is 2.22. The summed E-state index contributed by atoms with van der Waals surface area (Å²) in [5.41, 5.74) is 5.40. The van der Waals surface area contributed by atoms with Crippen LogP contribution in [0.1, 0.15) is 52.9 Å². The monoisotopic (exact) mass is 273 g/mol. The number of unbranched alkanes of at least 4 members (excludes halogenated alkanes) is 1. The smallest absolute Gasteiger partial charge is 0.144 e. The Balaban J connectivity index is 3.36. The molecule has 0 bridgehead atoms. The Morgan fingerprint density at radius 3 is 2.47 bits per heavy atom. The summed E-state index contributed by atoms with van der Waals surface area (Å²) in [6.45, 7) is 9.80. The van der Waals surface area contributed by atoms with Crippen molar-refractivity contribution in [3.05, 3.63) is 0 Å². The highest BCUT2D eigenvalue weighted by Crippen LogP contribution is 2.21. The van der Waals surface area contributed by atoms with Gasteiger partial charge in [-0.2, -0.15) is 0 Å². The molecule has 0 amide bonds. The van der Waals surface area contributed by atoms with Crippen molar-refractivity contribution in [2.24, 2.45) is 16.3 Å². The molecule has 0 aliphatic heterocycles. The van der Waals surface area contributed by atoms with Crippen molar-refractivity contribution in [3.63, 3.8) is 0 Å². The van der Waals surface area contributed by atoms with Crippen molar-refractivity contribution >= 4 is 5.84 Å². The Morgan fingerprint density at radius 2 is 1.84 bits per heavy atom. The molecule has 0 aromatic heterocycles. The van der Waals surface area contributed by atoms with Crippen LogP contribution in [0.15, 0.2) is 5.16 Å². The molecule has 0 aliphatic rings. The fourth-order valence-corrected chi connectivity index (χ4v) is 1.69. The molecule has 19 heavy (non-hydrogen) atoms. The minimum Gasteiger partial charge on any atom is -0.409 e. The van der Waals surface area contributed by atoms with Gasteiger partial charge in [0.2, 0.25) is 0 Å². The van der Waals surface area contributed by atoms with Gasteiger partial charge in [0.25, 0.3) is 0 Å². The SMILES string of the molecule is CCCCOCCCNCCCC(C)(C)C(N)=NO. The highest BCUT2D eigenvalue weighted by molar-refractivity contribution is 5.85. The highest BCUT2D eigenvalue weighted by atomic mass is 16.5. The van der Waals surface area contributed by atoms with Gasteiger partial charge in [-0.05, 0) is 38.8 Å². The first-order valence-electron chi connectivity index (χ1n) is 7.31. The second-order valence-corrected chi connectivity index (χ2v) is 5.54. The lowest BCUT2D eigenvalue weighted by molar-refractivity contribution is 0.129. The van der Waals surface area contributed by atoms with E-state index in [1.807, 2.05) is 13.8 Å². The third-order valence-corrected chi connectivity index (χ3v) is 3.24. The van der Waals surface area contributed by atoms with Crippen LogP contribution in [0.25, 0.3) is 0 Å². The van der Waals surface area contributed by atoms with E-state index in [0.29, 0.717) is 5.84 Å². The Kier molecular flexibility index (Phi) is 10.6. The number of hydrogen-bond donors (Lipinski definition) is 3. The first kappa shape index (κ1) is 18.2. The maximum Gasteiger partial charge on any atom is 0.144 e. The van der Waals surface area contributed by atoms with E-state index in [0.717, 1.165) is 52.0 Å². The van der Waals surface area contributed by atoms with Gasteiger partial charge < -0.3 is 21.0 Å². The van der Waals surface area contributed by atoms with E-state index in [2.05, 4.69) is 17.4 Å². The molecule has 0 atom stereocenters. The van der Waals surface area contributed by atoms with Crippen LogP contribution in [0.3, 0.4) is 0 Å². The lowest BCUT2D eigenvalue weighted by atomic mass is 9.86. The van der Waals surface area contributed by atoms with Crippen molar-refractivity contribution in [3.8, 4) is 0 Å². The predicted molar refractivity (Wildman–Crippen MR) is 79.6 cm³/mol. The molecule has 0 aliphatic carbocycles. The maximum absolute atomic E-state index is 8.67. The van der Waals surface area contributed by atoms with Crippen LogP contribution in [0, 0.1) is 5.41 Å². The van der Waals surface area contributed by atoms with Crippen molar-refractivity contribution < 1.29 is 9.94 Å². The van der Waals surface area contributed by atoms with E-state index in [-0.39, 0.29) is 5.41 Å². The summed E-state index contributed by atoms with van der Waals surface area (Å²) in [7, 11) is 0. The second kappa shape index (κ2) is 11.1. The molecule has 0 fully saturated rings. The van der Waals surface area contributed by atoms with Gasteiger partial charge in [0.1, 0.15) is 5.84 Å². The molecular weight excluding hydrogens is 242 g/mol. The zero-order chi connectivity index (χ0) is 14.6. The molecule has 0 radical (unpaired) electrons. The number of rotatable bonds is 12. The second-order valence-electron chi connectivity index (χ2n) is 5.54. The van der Waals surface area contributed by atoms with E-state index in [9.17, 15) is 0 Å². The van der Waals surface area contributed by atoms with E-state index in [1.54, 1.807) is 0 Å². The van der Waals surface area contributed by atoms with Crippen LogP contribution in [-0.4, -0.2) is 37.3 Å². The van der Waals surface area contributed by atoms with Crippen LogP contribution >= 0.6 is 0 Å². The topological polar surface area (TPSA) is 79.9 Å². The molecule has 0 aromatic rings. The van der Waals surface area contributed by atoms with Crippen LogP contribution < -0.4 is 11.1 Å². The molecular formula is C14H31N3O2. The normalized spacial score (nSPS) is 12.9. The number of ether oxygens (including phenoxy) is 1. The van der Waals surface area contributed by atoms with Crippen molar-refractivity contribution in [1.29, 1.82) is 0 Å². The molecule has 5 nitrogen and oxygen atoms in total. The molecule has 0 unspecified atom stereocenters. The lowest BCUT2D eigenvalue weighted by Crippen LogP contribution is -2.32. The lowest BCUT2D eigenvalue weighted by Gasteiger charge is -2.22. The number of nitrogens with zero attached hydrogens (tertiary/aromatic N) is 1. The summed E-state index contributed by atoms with van der Waals surface area (Å²) in [4.78, 5) is 0. The Hall–Kier alpha value is -0.810. The van der Waals surface area contributed by atoms with E-state index in [4.69, 9.17) is 15.7 Å². The van der Waals surface area contributed by atoms with Gasteiger partial charge in [0.15, 0.2) is 0 Å². The number of hydrogen-bond acceptors (Lipinski definition) is 4. The summed E-state index contributed by atoms with van der Waals surface area (Å²) < 4.78 is 5.48. The first-order chi connectivity index (χ1) is 9.04. The fourth-order valence-electron chi connectivity index (χ4n) is 1.69. The minimum absolute atomic E-state index is 0.236. The molecule has 0 heterocycles. The quantitative estimate of drug-likeness (QED) is 0.168. The number of oxime groups is 1. The molecule has 114 valence electrons. The molecule has 0 spiro atoms. The fraction of sp³-hybridized carbons (Fsp3) is 0.929. The van der Waals surface area contributed by atoms with E-state index >= 15 is 0 Å². The Bertz CT molecular complexity index is 243. The minimum atomic E-state index is -0.236. The van der Waals surface area contributed by atoms with Gasteiger partial charge in [-0.1, -0.05) is 32.3 Å². The third kappa shape index (κ3) is 9.73. The average molecular weight is 273 g/mol. The van der Waals surface area contributed by atoms with Gasteiger partial charge in [0, 0.05) is 18.6 Å². The van der Waals surface area contributed by atoms with Gasteiger partial charge in [-0.15, -0.1) is 0 Å². The number of amidine groups is 1. The van der Waals surface area contributed by atoms with Crippen LogP contribution in [0.4, 0.5) is 0 Å². The summed E-state index contributed by atoms with van der Waals surface area (Å²) in [5, 5.41) is 15.1. The molecule has 4 N–H and O–H groups in total. The van der Waals surface area contributed by atoms with Crippen LogP contribution in [-0.2, 0) is 4.74 Å².